The summed E-state index contributed by atoms with van der Waals surface area (Å²) in [7, 11) is 0. The van der Waals surface area contributed by atoms with Gasteiger partial charge >= 0.3 is 0 Å². The van der Waals surface area contributed by atoms with Crippen molar-refractivity contribution in [2.24, 2.45) is 29.1 Å². The van der Waals surface area contributed by atoms with Crippen LogP contribution in [0.4, 0.5) is 0 Å². The number of nitrogens with one attached hydrogen (secondary N) is 1. The molecule has 1 nitrogen and oxygen atoms in total. The van der Waals surface area contributed by atoms with Crippen LogP contribution in [0, 0.1) is 29.1 Å². The molecule has 0 bridgehead atoms. The van der Waals surface area contributed by atoms with Crippen molar-refractivity contribution in [2.45, 2.75) is 85.6 Å². The molecular formula is C19H37N. The minimum Gasteiger partial charge on any atom is -0.314 e. The molecule has 0 aromatic rings. The molecule has 118 valence electrons. The van der Waals surface area contributed by atoms with Crippen molar-refractivity contribution in [3.05, 3.63) is 0 Å². The summed E-state index contributed by atoms with van der Waals surface area (Å²) in [5.41, 5.74) is 0.507. The molecule has 0 spiro atoms. The normalized spacial score (nSPS) is 33.0. The predicted molar refractivity (Wildman–Crippen MR) is 88.9 cm³/mol. The predicted octanol–water partition coefficient (Wildman–Crippen LogP) is 5.25. The Hall–Kier alpha value is -0.0400. The number of hydrogen-bond acceptors (Lipinski definition) is 1. The summed E-state index contributed by atoms with van der Waals surface area (Å²) in [6.07, 6.45) is 10.4. The van der Waals surface area contributed by atoms with Crippen LogP contribution in [0.15, 0.2) is 0 Å². The Kier molecular flexibility index (Phi) is 5.56. The molecule has 0 aromatic carbocycles. The molecular weight excluding hydrogens is 242 g/mol. The van der Waals surface area contributed by atoms with E-state index < -0.39 is 0 Å². The van der Waals surface area contributed by atoms with Crippen molar-refractivity contribution in [2.75, 3.05) is 6.54 Å². The average Bonchev–Trinajstić information content (AvgIpc) is 2.88. The van der Waals surface area contributed by atoms with Crippen molar-refractivity contribution in [3.63, 3.8) is 0 Å². The van der Waals surface area contributed by atoms with Crippen LogP contribution in [0.5, 0.6) is 0 Å². The summed E-state index contributed by atoms with van der Waals surface area (Å²) in [5, 5.41) is 3.72. The Morgan fingerprint density at radius 2 is 1.65 bits per heavy atom. The molecule has 0 aromatic heterocycles. The number of rotatable bonds is 4. The Balaban J connectivity index is 2.00. The van der Waals surface area contributed by atoms with Crippen LogP contribution in [-0.4, -0.2) is 12.6 Å². The summed E-state index contributed by atoms with van der Waals surface area (Å²) in [4.78, 5) is 0. The lowest BCUT2D eigenvalue weighted by Crippen LogP contribution is -2.40. The maximum Gasteiger partial charge on any atom is 0.00104 e. The van der Waals surface area contributed by atoms with Crippen molar-refractivity contribution in [1.29, 1.82) is 0 Å². The van der Waals surface area contributed by atoms with Crippen LogP contribution < -0.4 is 5.32 Å². The van der Waals surface area contributed by atoms with Crippen LogP contribution in [0.3, 0.4) is 0 Å². The van der Waals surface area contributed by atoms with Gasteiger partial charge in [0.15, 0.2) is 0 Å². The van der Waals surface area contributed by atoms with Gasteiger partial charge in [0.2, 0.25) is 0 Å². The highest BCUT2D eigenvalue weighted by atomic mass is 14.9. The third-order valence-electron chi connectivity index (χ3n) is 6.07. The van der Waals surface area contributed by atoms with E-state index in [1.807, 2.05) is 0 Å². The second-order valence-electron chi connectivity index (χ2n) is 8.91. The van der Waals surface area contributed by atoms with Gasteiger partial charge in [-0.05, 0) is 54.9 Å². The molecule has 0 amide bonds. The summed E-state index contributed by atoms with van der Waals surface area (Å²) in [6, 6.07) is 0.638. The first kappa shape index (κ1) is 16.3. The van der Waals surface area contributed by atoms with Crippen molar-refractivity contribution in [3.8, 4) is 0 Å². The molecule has 2 saturated carbocycles. The summed E-state index contributed by atoms with van der Waals surface area (Å²) in [5.74, 6) is 3.93. The fourth-order valence-corrected chi connectivity index (χ4v) is 4.66. The molecule has 3 unspecified atom stereocenters. The van der Waals surface area contributed by atoms with Gasteiger partial charge in [0, 0.05) is 6.04 Å². The Labute approximate surface area is 127 Å². The molecule has 0 heterocycles. The fraction of sp³-hybridized carbons (Fsp3) is 1.00. The van der Waals surface area contributed by atoms with E-state index in [0.717, 1.165) is 23.7 Å². The van der Waals surface area contributed by atoms with Gasteiger partial charge in [-0.25, -0.2) is 0 Å². The molecule has 0 radical (unpaired) electrons. The van der Waals surface area contributed by atoms with E-state index in [9.17, 15) is 0 Å². The molecule has 1 N–H and O–H groups in total. The minimum atomic E-state index is 0.507. The second kappa shape index (κ2) is 6.81. The molecule has 3 atom stereocenters. The van der Waals surface area contributed by atoms with Crippen LogP contribution in [0.25, 0.3) is 0 Å². The topological polar surface area (TPSA) is 12.0 Å². The lowest BCUT2D eigenvalue weighted by Gasteiger charge is -2.44. The fourth-order valence-electron chi connectivity index (χ4n) is 4.66. The molecule has 2 rings (SSSR count). The van der Waals surface area contributed by atoms with Crippen molar-refractivity contribution >= 4 is 0 Å². The molecule has 1 heteroatoms. The van der Waals surface area contributed by atoms with Gasteiger partial charge in [-0.2, -0.15) is 0 Å². The maximum absolute atomic E-state index is 3.72. The lowest BCUT2D eigenvalue weighted by molar-refractivity contribution is 0.0640. The molecule has 2 fully saturated rings. The van der Waals surface area contributed by atoms with E-state index in [1.54, 1.807) is 0 Å². The van der Waals surface area contributed by atoms with Crippen LogP contribution in [0.2, 0.25) is 0 Å². The maximum atomic E-state index is 3.72. The molecule has 2 aliphatic carbocycles. The van der Waals surface area contributed by atoms with Gasteiger partial charge in [-0.1, -0.05) is 60.3 Å². The third kappa shape index (κ3) is 4.23. The summed E-state index contributed by atoms with van der Waals surface area (Å²) < 4.78 is 0. The van der Waals surface area contributed by atoms with E-state index in [0.29, 0.717) is 11.5 Å². The van der Waals surface area contributed by atoms with Crippen molar-refractivity contribution < 1.29 is 0 Å². The zero-order valence-electron chi connectivity index (χ0n) is 14.5. The zero-order valence-corrected chi connectivity index (χ0v) is 14.5. The van der Waals surface area contributed by atoms with Gasteiger partial charge in [-0.15, -0.1) is 0 Å². The highest BCUT2D eigenvalue weighted by Gasteiger charge is 2.39. The number of hydrogen-bond donors (Lipinski definition) is 1. The summed E-state index contributed by atoms with van der Waals surface area (Å²) in [6.45, 7) is 13.2. The Morgan fingerprint density at radius 3 is 2.20 bits per heavy atom. The van der Waals surface area contributed by atoms with Crippen molar-refractivity contribution in [1.82, 2.24) is 5.32 Å². The third-order valence-corrected chi connectivity index (χ3v) is 6.07. The Morgan fingerprint density at radius 1 is 1.00 bits per heavy atom. The highest BCUT2D eigenvalue weighted by molar-refractivity contribution is 4.90. The highest BCUT2D eigenvalue weighted by Crippen LogP contribution is 2.48. The molecule has 0 aliphatic heterocycles. The van der Waals surface area contributed by atoms with Gasteiger partial charge in [0.05, 0.1) is 0 Å². The first-order valence-corrected chi connectivity index (χ1v) is 9.11. The molecule has 20 heavy (non-hydrogen) atoms. The van der Waals surface area contributed by atoms with E-state index >= 15 is 0 Å². The van der Waals surface area contributed by atoms with E-state index in [1.165, 1.54) is 51.5 Å². The van der Waals surface area contributed by atoms with E-state index in [-0.39, 0.29) is 0 Å². The Bertz CT molecular complexity index is 283. The SMILES string of the molecule is CC(C)NCC1CCC(C(C)(C)C)CC1C1CCCC1. The molecule has 0 saturated heterocycles. The van der Waals surface area contributed by atoms with E-state index in [2.05, 4.69) is 39.9 Å². The largest absolute Gasteiger partial charge is 0.314 e. The second-order valence-corrected chi connectivity index (χ2v) is 8.91. The van der Waals surface area contributed by atoms with Gasteiger partial charge in [-0.3, -0.25) is 0 Å². The zero-order chi connectivity index (χ0) is 14.8. The first-order chi connectivity index (χ1) is 9.38. The van der Waals surface area contributed by atoms with Crippen LogP contribution in [-0.2, 0) is 0 Å². The smallest absolute Gasteiger partial charge is 0.00104 e. The van der Waals surface area contributed by atoms with Crippen LogP contribution in [0.1, 0.15) is 79.6 Å². The quantitative estimate of drug-likeness (QED) is 0.741. The molecule has 2 aliphatic rings. The van der Waals surface area contributed by atoms with Gasteiger partial charge < -0.3 is 5.32 Å². The average molecular weight is 280 g/mol. The van der Waals surface area contributed by atoms with Gasteiger partial charge in [0.1, 0.15) is 0 Å². The van der Waals surface area contributed by atoms with E-state index in [4.69, 9.17) is 0 Å². The van der Waals surface area contributed by atoms with Crippen LogP contribution >= 0.6 is 0 Å². The standard InChI is InChI=1S/C19H37N/c1-14(2)20-13-16-10-11-17(19(3,4)5)12-18(16)15-8-6-7-9-15/h14-18,20H,6-13H2,1-5H3. The first-order valence-electron chi connectivity index (χ1n) is 9.11. The van der Waals surface area contributed by atoms with Gasteiger partial charge in [0.25, 0.3) is 0 Å². The lowest BCUT2D eigenvalue weighted by atomic mass is 9.62. The summed E-state index contributed by atoms with van der Waals surface area (Å²) >= 11 is 0. The monoisotopic (exact) mass is 279 g/mol. The minimum absolute atomic E-state index is 0.507.